The number of hydrogen-bond acceptors (Lipinski definition) is 1. The van der Waals surface area contributed by atoms with Crippen molar-refractivity contribution in [1.82, 2.24) is 0 Å². The van der Waals surface area contributed by atoms with Gasteiger partial charge < -0.3 is 29.6 Å². The van der Waals surface area contributed by atoms with E-state index in [1.807, 2.05) is 0 Å². The van der Waals surface area contributed by atoms with E-state index in [4.69, 9.17) is 4.74 Å². The van der Waals surface area contributed by atoms with E-state index >= 15 is 0 Å². The molecular weight excluding hydrogens is 159 g/mol. The van der Waals surface area contributed by atoms with E-state index in [1.165, 1.54) is 0 Å². The molecule has 0 fully saturated rings. The van der Waals surface area contributed by atoms with Gasteiger partial charge in [-0.1, -0.05) is 6.92 Å². The van der Waals surface area contributed by atoms with Crippen molar-refractivity contribution < 1.29 is 29.6 Å². The largest absolute Gasteiger partial charge is 2.00 e. The molecule has 0 aromatic rings. The Labute approximate surface area is 79.5 Å². The van der Waals surface area contributed by atoms with Crippen molar-refractivity contribution in [2.45, 2.75) is 13.3 Å². The fourth-order valence-electron chi connectivity index (χ4n) is 0.204. The topological polar surface area (TPSA) is 9.23 Å². The Hall–Kier alpha value is 1.31. The molecule has 0 saturated carbocycles. The van der Waals surface area contributed by atoms with Gasteiger partial charge in [0.1, 0.15) is 0 Å². The summed E-state index contributed by atoms with van der Waals surface area (Å²) in [6, 6.07) is 0. The van der Waals surface area contributed by atoms with Crippen LogP contribution in [-0.4, -0.2) is 36.8 Å². The van der Waals surface area contributed by atoms with Crippen molar-refractivity contribution in [3.05, 3.63) is 0 Å². The fraction of sp³-hybridized carbons (Fsp3) is 1.00. The van der Waals surface area contributed by atoms with E-state index in [9.17, 15) is 0 Å². The summed E-state index contributed by atoms with van der Waals surface area (Å²) in [5.41, 5.74) is 0. The second-order valence-electron chi connectivity index (χ2n) is 0.993. The maximum Gasteiger partial charge on any atom is 2.00 e. The summed E-state index contributed by atoms with van der Waals surface area (Å²) in [4.78, 5) is 0. The quantitative estimate of drug-likeness (QED) is 0.375. The van der Waals surface area contributed by atoms with Crippen molar-refractivity contribution in [1.29, 1.82) is 0 Å². The van der Waals surface area contributed by atoms with Gasteiger partial charge in [0.15, 0.2) is 0 Å². The first-order valence-electron chi connectivity index (χ1n) is 1.90. The Morgan fingerprint density at radius 3 is 1.62 bits per heavy atom. The maximum absolute atomic E-state index is 4.69. The molecular formula is C4H10Cl2MgO. The second kappa shape index (κ2) is 23.9. The monoisotopic (exact) mass is 168 g/mol. The summed E-state index contributed by atoms with van der Waals surface area (Å²) in [6.45, 7) is 2.98. The van der Waals surface area contributed by atoms with Crippen LogP contribution in [0.5, 0.6) is 0 Å². The standard InChI is InChI=1S/C4H10O.2ClH.Mg/c1-3-4-5-2;;;/h3-4H2,1-2H3;2*1H;/q;;;+2/p-2. The van der Waals surface area contributed by atoms with Crippen LogP contribution in [0.1, 0.15) is 13.3 Å². The molecule has 0 aliphatic rings. The van der Waals surface area contributed by atoms with Gasteiger partial charge in [-0.05, 0) is 6.42 Å². The Balaban J connectivity index is -0.0000000267. The number of ether oxygens (including phenoxy) is 1. The molecule has 0 N–H and O–H groups in total. The number of methoxy groups -OCH3 is 1. The van der Waals surface area contributed by atoms with Crippen molar-refractivity contribution >= 4 is 23.1 Å². The van der Waals surface area contributed by atoms with E-state index in [1.54, 1.807) is 7.11 Å². The molecule has 0 unspecified atom stereocenters. The van der Waals surface area contributed by atoms with Crippen LogP contribution < -0.4 is 24.8 Å². The van der Waals surface area contributed by atoms with Gasteiger partial charge in [-0.25, -0.2) is 0 Å². The summed E-state index contributed by atoms with van der Waals surface area (Å²) >= 11 is 0. The average molecular weight is 169 g/mol. The molecule has 0 saturated heterocycles. The normalized spacial score (nSPS) is 5.25. The third kappa shape index (κ3) is 26.6. The van der Waals surface area contributed by atoms with Gasteiger partial charge in [0.2, 0.25) is 0 Å². The van der Waals surface area contributed by atoms with Crippen LogP contribution in [0.15, 0.2) is 0 Å². The minimum absolute atomic E-state index is 0. The Kier molecular flexibility index (Phi) is 68.2. The maximum atomic E-state index is 4.69. The zero-order valence-electron chi connectivity index (χ0n) is 5.29. The molecule has 48 valence electrons. The van der Waals surface area contributed by atoms with Crippen molar-refractivity contribution in [2.24, 2.45) is 0 Å². The van der Waals surface area contributed by atoms with Crippen LogP contribution in [0.25, 0.3) is 0 Å². The van der Waals surface area contributed by atoms with Crippen molar-refractivity contribution in [3.63, 3.8) is 0 Å². The van der Waals surface area contributed by atoms with Gasteiger partial charge >= 0.3 is 23.1 Å². The van der Waals surface area contributed by atoms with Gasteiger partial charge in [-0.15, -0.1) is 0 Å². The molecule has 4 heteroatoms. The number of hydrogen-bond donors (Lipinski definition) is 0. The summed E-state index contributed by atoms with van der Waals surface area (Å²) in [7, 11) is 1.71. The molecule has 0 aromatic heterocycles. The predicted molar refractivity (Wildman–Crippen MR) is 27.9 cm³/mol. The summed E-state index contributed by atoms with van der Waals surface area (Å²) in [6.07, 6.45) is 1.12. The molecule has 1 nitrogen and oxygen atoms in total. The molecule has 0 aromatic carbocycles. The third-order valence-electron chi connectivity index (χ3n) is 0.408. The molecule has 0 bridgehead atoms. The van der Waals surface area contributed by atoms with Crippen LogP contribution in [0.2, 0.25) is 0 Å². The minimum atomic E-state index is 0. The van der Waals surface area contributed by atoms with Crippen LogP contribution in [-0.2, 0) is 4.74 Å². The van der Waals surface area contributed by atoms with Crippen molar-refractivity contribution in [3.8, 4) is 0 Å². The first kappa shape index (κ1) is 22.8. The number of rotatable bonds is 2. The van der Waals surface area contributed by atoms with Gasteiger partial charge in [0, 0.05) is 13.7 Å². The summed E-state index contributed by atoms with van der Waals surface area (Å²) in [5.74, 6) is 0. The predicted octanol–water partition coefficient (Wildman–Crippen LogP) is -5.33. The van der Waals surface area contributed by atoms with E-state index < -0.39 is 0 Å². The molecule has 0 atom stereocenters. The average Bonchev–Trinajstić information content (AvgIpc) is 1.41. The van der Waals surface area contributed by atoms with Crippen LogP contribution >= 0.6 is 0 Å². The van der Waals surface area contributed by atoms with Crippen molar-refractivity contribution in [2.75, 3.05) is 13.7 Å². The van der Waals surface area contributed by atoms with Gasteiger partial charge in [0.05, 0.1) is 0 Å². The van der Waals surface area contributed by atoms with Gasteiger partial charge in [-0.3, -0.25) is 0 Å². The zero-order chi connectivity index (χ0) is 4.12. The van der Waals surface area contributed by atoms with Gasteiger partial charge in [-0.2, -0.15) is 0 Å². The van der Waals surface area contributed by atoms with E-state index in [2.05, 4.69) is 6.92 Å². The SMILES string of the molecule is CCCOC.[Cl-].[Cl-].[Mg+2]. The molecule has 0 heterocycles. The minimum Gasteiger partial charge on any atom is -1.00 e. The van der Waals surface area contributed by atoms with Crippen LogP contribution in [0.3, 0.4) is 0 Å². The summed E-state index contributed by atoms with van der Waals surface area (Å²) in [5, 5.41) is 0. The molecule has 0 radical (unpaired) electrons. The first-order chi connectivity index (χ1) is 2.41. The first-order valence-corrected chi connectivity index (χ1v) is 1.90. The van der Waals surface area contributed by atoms with E-state index in [-0.39, 0.29) is 47.9 Å². The third-order valence-corrected chi connectivity index (χ3v) is 0.408. The molecule has 0 aliphatic heterocycles. The van der Waals surface area contributed by atoms with E-state index in [0.717, 1.165) is 13.0 Å². The van der Waals surface area contributed by atoms with E-state index in [0.29, 0.717) is 0 Å². The van der Waals surface area contributed by atoms with Crippen LogP contribution in [0, 0.1) is 0 Å². The zero-order valence-corrected chi connectivity index (χ0v) is 8.21. The molecule has 0 aliphatic carbocycles. The van der Waals surface area contributed by atoms with Crippen LogP contribution in [0.4, 0.5) is 0 Å². The fourth-order valence-corrected chi connectivity index (χ4v) is 0.204. The number of halogens is 2. The Bertz CT molecular complexity index is 21.5. The Morgan fingerprint density at radius 2 is 1.62 bits per heavy atom. The smallest absolute Gasteiger partial charge is 1.00 e. The molecule has 0 amide bonds. The summed E-state index contributed by atoms with van der Waals surface area (Å²) < 4.78 is 4.69. The van der Waals surface area contributed by atoms with Gasteiger partial charge in [0.25, 0.3) is 0 Å². The molecule has 8 heavy (non-hydrogen) atoms. The molecule has 0 rings (SSSR count). The Morgan fingerprint density at radius 1 is 1.25 bits per heavy atom. The second-order valence-corrected chi connectivity index (χ2v) is 0.993. The molecule has 0 spiro atoms.